The van der Waals surface area contributed by atoms with Crippen molar-refractivity contribution in [3.63, 3.8) is 0 Å². The molecule has 2 heterocycles. The van der Waals surface area contributed by atoms with E-state index in [-0.39, 0.29) is 19.0 Å². The van der Waals surface area contributed by atoms with Gasteiger partial charge in [0.15, 0.2) is 0 Å². The highest BCUT2D eigenvalue weighted by molar-refractivity contribution is 5.95. The minimum absolute atomic E-state index is 0.0226. The molecule has 196 valence electrons. The fraction of sp³-hybridized carbons (Fsp3) is 0.393. The second-order valence-corrected chi connectivity index (χ2v) is 10.6. The molecule has 4 rings (SSSR count). The summed E-state index contributed by atoms with van der Waals surface area (Å²) >= 11 is 0. The van der Waals surface area contributed by atoms with Gasteiger partial charge in [0.1, 0.15) is 5.60 Å². The smallest absolute Gasteiger partial charge is 0.410 e. The van der Waals surface area contributed by atoms with Gasteiger partial charge < -0.3 is 19.5 Å². The van der Waals surface area contributed by atoms with Gasteiger partial charge in [0.25, 0.3) is 5.91 Å². The normalized spacial score (nSPS) is 17.6. The van der Waals surface area contributed by atoms with Crippen molar-refractivity contribution >= 4 is 28.8 Å². The lowest BCUT2D eigenvalue weighted by Gasteiger charge is -2.24. The SMILES string of the molecule is Cc1c(C)n(Cc2ccc(C(=O)N[C@@H]3CN(C(=O)OC(C)(C)C)C[C@@H]3C(=O)NO)cc2)c2ccccc12. The zero-order chi connectivity index (χ0) is 26.9. The number of carbonyl (C=O) groups is 3. The van der Waals surface area contributed by atoms with Crippen molar-refractivity contribution in [1.82, 2.24) is 20.3 Å². The van der Waals surface area contributed by atoms with E-state index in [0.717, 1.165) is 5.56 Å². The van der Waals surface area contributed by atoms with Crippen LogP contribution in [0, 0.1) is 19.8 Å². The number of ether oxygens (including phenoxy) is 1. The number of carbonyl (C=O) groups excluding carboxylic acids is 3. The van der Waals surface area contributed by atoms with E-state index in [1.54, 1.807) is 38.4 Å². The van der Waals surface area contributed by atoms with Crippen LogP contribution in [0.25, 0.3) is 10.9 Å². The molecule has 0 unspecified atom stereocenters. The molecule has 1 aliphatic heterocycles. The Balaban J connectivity index is 1.46. The highest BCUT2D eigenvalue weighted by Crippen LogP contribution is 2.26. The number of aryl methyl sites for hydroxylation is 1. The van der Waals surface area contributed by atoms with Crippen LogP contribution in [-0.4, -0.2) is 57.3 Å². The zero-order valence-corrected chi connectivity index (χ0v) is 21.9. The van der Waals surface area contributed by atoms with Crippen molar-refractivity contribution in [3.05, 3.63) is 70.9 Å². The molecule has 0 saturated carbocycles. The van der Waals surface area contributed by atoms with Gasteiger partial charge in [-0.1, -0.05) is 30.3 Å². The van der Waals surface area contributed by atoms with Crippen LogP contribution in [0.2, 0.25) is 0 Å². The van der Waals surface area contributed by atoms with E-state index >= 15 is 0 Å². The predicted octanol–water partition coefficient (Wildman–Crippen LogP) is 3.78. The molecule has 3 aromatic rings. The molecule has 1 aromatic heterocycles. The number of likely N-dealkylation sites (tertiary alicyclic amines) is 1. The van der Waals surface area contributed by atoms with Crippen LogP contribution in [0.4, 0.5) is 4.79 Å². The van der Waals surface area contributed by atoms with Crippen LogP contribution in [-0.2, 0) is 16.1 Å². The summed E-state index contributed by atoms with van der Waals surface area (Å²) in [5.74, 6) is -1.85. The van der Waals surface area contributed by atoms with E-state index < -0.39 is 29.6 Å². The molecular formula is C28H34N4O5. The molecule has 0 spiro atoms. The third-order valence-corrected chi connectivity index (χ3v) is 6.84. The van der Waals surface area contributed by atoms with E-state index in [0.29, 0.717) is 12.1 Å². The monoisotopic (exact) mass is 506 g/mol. The molecule has 3 amide bonds. The zero-order valence-electron chi connectivity index (χ0n) is 21.9. The summed E-state index contributed by atoms with van der Waals surface area (Å²) in [7, 11) is 0. The first-order chi connectivity index (χ1) is 17.5. The van der Waals surface area contributed by atoms with E-state index in [1.165, 1.54) is 27.1 Å². The number of fused-ring (bicyclic) bond motifs is 1. The van der Waals surface area contributed by atoms with E-state index in [2.05, 4.69) is 35.9 Å². The Kier molecular flexibility index (Phi) is 7.27. The molecule has 9 nitrogen and oxygen atoms in total. The summed E-state index contributed by atoms with van der Waals surface area (Å²) in [6.07, 6.45) is -0.576. The first-order valence-corrected chi connectivity index (χ1v) is 12.3. The average molecular weight is 507 g/mol. The van der Waals surface area contributed by atoms with Crippen LogP contribution in [0.15, 0.2) is 48.5 Å². The third kappa shape index (κ3) is 5.61. The predicted molar refractivity (Wildman–Crippen MR) is 139 cm³/mol. The molecule has 0 bridgehead atoms. The molecular weight excluding hydrogens is 472 g/mol. The molecule has 1 fully saturated rings. The van der Waals surface area contributed by atoms with Gasteiger partial charge in [0, 0.05) is 41.8 Å². The second kappa shape index (κ2) is 10.3. The average Bonchev–Trinajstić information content (AvgIpc) is 3.38. The summed E-state index contributed by atoms with van der Waals surface area (Å²) in [6.45, 7) is 10.3. The van der Waals surface area contributed by atoms with Gasteiger partial charge in [0.05, 0.1) is 12.0 Å². The second-order valence-electron chi connectivity index (χ2n) is 10.6. The minimum atomic E-state index is -0.811. The lowest BCUT2D eigenvalue weighted by molar-refractivity contribution is -0.133. The molecule has 0 radical (unpaired) electrons. The molecule has 2 atom stereocenters. The summed E-state index contributed by atoms with van der Waals surface area (Å²) < 4.78 is 7.66. The lowest BCUT2D eigenvalue weighted by Crippen LogP contribution is -2.45. The van der Waals surface area contributed by atoms with E-state index in [9.17, 15) is 14.4 Å². The van der Waals surface area contributed by atoms with Crippen molar-refractivity contribution in [3.8, 4) is 0 Å². The fourth-order valence-electron chi connectivity index (χ4n) is 4.78. The molecule has 37 heavy (non-hydrogen) atoms. The number of hydrogen-bond acceptors (Lipinski definition) is 5. The lowest BCUT2D eigenvalue weighted by atomic mass is 10.0. The molecule has 0 aliphatic carbocycles. The highest BCUT2D eigenvalue weighted by Gasteiger charge is 2.41. The van der Waals surface area contributed by atoms with Crippen LogP contribution in [0.1, 0.15) is 48.0 Å². The Morgan fingerprint density at radius 3 is 2.35 bits per heavy atom. The first kappa shape index (κ1) is 26.2. The van der Waals surface area contributed by atoms with Gasteiger partial charge in [-0.25, -0.2) is 10.3 Å². The van der Waals surface area contributed by atoms with E-state index in [1.807, 2.05) is 24.3 Å². The quantitative estimate of drug-likeness (QED) is 0.360. The van der Waals surface area contributed by atoms with Crippen LogP contribution >= 0.6 is 0 Å². The van der Waals surface area contributed by atoms with Gasteiger partial charge in [-0.2, -0.15) is 0 Å². The standard InChI is InChI=1S/C28H34N4O5/c1-17-18(2)32(24-9-7-6-8-21(17)24)14-19-10-12-20(13-11-19)25(33)29-23-16-31(15-22(23)26(34)30-36)27(35)37-28(3,4)5/h6-13,22-23,36H,14-16H2,1-5H3,(H,29,33)(H,30,34)/t22-,23+/m0/s1. The number of rotatable bonds is 5. The topological polar surface area (TPSA) is 113 Å². The van der Waals surface area contributed by atoms with Gasteiger partial charge in [-0.05, 0) is 63.9 Å². The van der Waals surface area contributed by atoms with Crippen molar-refractivity contribution in [2.75, 3.05) is 13.1 Å². The Morgan fingerprint density at radius 1 is 1.03 bits per heavy atom. The van der Waals surface area contributed by atoms with E-state index in [4.69, 9.17) is 9.94 Å². The van der Waals surface area contributed by atoms with Crippen LogP contribution < -0.4 is 10.8 Å². The number of nitrogens with one attached hydrogen (secondary N) is 2. The van der Waals surface area contributed by atoms with Crippen molar-refractivity contribution in [2.24, 2.45) is 5.92 Å². The third-order valence-electron chi connectivity index (χ3n) is 6.84. The Labute approximate surface area is 216 Å². The van der Waals surface area contributed by atoms with Crippen LogP contribution in [0.3, 0.4) is 0 Å². The summed E-state index contributed by atoms with van der Waals surface area (Å²) in [5, 5.41) is 13.2. The highest BCUT2D eigenvalue weighted by atomic mass is 16.6. The molecule has 2 aromatic carbocycles. The number of nitrogens with zero attached hydrogens (tertiary/aromatic N) is 2. The Bertz CT molecular complexity index is 1320. The molecule has 3 N–H and O–H groups in total. The number of benzene rings is 2. The maximum Gasteiger partial charge on any atom is 0.410 e. The van der Waals surface area contributed by atoms with Gasteiger partial charge in [-0.3, -0.25) is 14.8 Å². The number of amides is 3. The fourth-order valence-corrected chi connectivity index (χ4v) is 4.78. The molecule has 1 saturated heterocycles. The van der Waals surface area contributed by atoms with Crippen molar-refractivity contribution < 1.29 is 24.3 Å². The largest absolute Gasteiger partial charge is 0.444 e. The number of hydroxylamine groups is 1. The maximum atomic E-state index is 13.0. The van der Waals surface area contributed by atoms with Crippen LogP contribution in [0.5, 0.6) is 0 Å². The number of para-hydroxylation sites is 1. The van der Waals surface area contributed by atoms with Gasteiger partial charge in [-0.15, -0.1) is 0 Å². The maximum absolute atomic E-state index is 13.0. The Hall–Kier alpha value is -3.85. The summed E-state index contributed by atoms with van der Waals surface area (Å²) in [5.41, 5.74) is 6.05. The molecule has 1 aliphatic rings. The summed E-state index contributed by atoms with van der Waals surface area (Å²) in [4.78, 5) is 39.1. The minimum Gasteiger partial charge on any atom is -0.444 e. The summed E-state index contributed by atoms with van der Waals surface area (Å²) in [6, 6.07) is 15.0. The van der Waals surface area contributed by atoms with Crippen molar-refractivity contribution in [2.45, 2.75) is 52.8 Å². The van der Waals surface area contributed by atoms with Crippen molar-refractivity contribution in [1.29, 1.82) is 0 Å². The first-order valence-electron chi connectivity index (χ1n) is 12.3. The van der Waals surface area contributed by atoms with Gasteiger partial charge >= 0.3 is 6.09 Å². The molecule has 9 heteroatoms. The number of aromatic nitrogens is 1. The van der Waals surface area contributed by atoms with Gasteiger partial charge in [0.2, 0.25) is 5.91 Å². The Morgan fingerprint density at radius 2 is 1.70 bits per heavy atom. The number of hydrogen-bond donors (Lipinski definition) is 3.